The standard InChI is InChI=1S/C18H22N4O2/c1-13-4-3-5-17(21-13)18(23)22-10-11-24-12-15(22)6-7-16-14(2)19-8-9-20-16/h3-5,8-9,15H,6-7,10-12H2,1-2H3/t15-/m1/s1. The fourth-order valence-corrected chi connectivity index (χ4v) is 2.96. The zero-order valence-electron chi connectivity index (χ0n) is 14.1. The van der Waals surface area contributed by atoms with Crippen molar-refractivity contribution in [2.24, 2.45) is 0 Å². The lowest BCUT2D eigenvalue weighted by atomic mass is 10.1. The van der Waals surface area contributed by atoms with Gasteiger partial charge in [0.2, 0.25) is 0 Å². The van der Waals surface area contributed by atoms with E-state index >= 15 is 0 Å². The van der Waals surface area contributed by atoms with Gasteiger partial charge in [0.15, 0.2) is 0 Å². The lowest BCUT2D eigenvalue weighted by molar-refractivity contribution is -0.00445. The molecule has 1 fully saturated rings. The third-order valence-electron chi connectivity index (χ3n) is 4.29. The number of carbonyl (C=O) groups is 1. The van der Waals surface area contributed by atoms with Gasteiger partial charge in [-0.3, -0.25) is 14.8 Å². The molecule has 6 heteroatoms. The van der Waals surface area contributed by atoms with Gasteiger partial charge in [0, 0.05) is 24.6 Å². The molecule has 0 spiro atoms. The van der Waals surface area contributed by atoms with Gasteiger partial charge >= 0.3 is 0 Å². The first-order valence-corrected chi connectivity index (χ1v) is 8.24. The SMILES string of the molecule is Cc1cccc(C(=O)N2CCOC[C@H]2CCc2nccnc2C)n1. The van der Waals surface area contributed by atoms with E-state index in [-0.39, 0.29) is 11.9 Å². The maximum atomic E-state index is 12.8. The molecule has 0 radical (unpaired) electrons. The Hall–Kier alpha value is -2.34. The highest BCUT2D eigenvalue weighted by Crippen LogP contribution is 2.17. The summed E-state index contributed by atoms with van der Waals surface area (Å²) in [4.78, 5) is 27.7. The number of carbonyl (C=O) groups excluding carboxylic acids is 1. The Balaban J connectivity index is 1.71. The number of aryl methyl sites for hydroxylation is 3. The van der Waals surface area contributed by atoms with Crippen molar-refractivity contribution in [3.8, 4) is 0 Å². The van der Waals surface area contributed by atoms with Crippen LogP contribution in [0.15, 0.2) is 30.6 Å². The lowest BCUT2D eigenvalue weighted by Gasteiger charge is -2.35. The molecule has 3 rings (SSSR count). The lowest BCUT2D eigenvalue weighted by Crippen LogP contribution is -2.49. The Labute approximate surface area is 141 Å². The van der Waals surface area contributed by atoms with Crippen molar-refractivity contribution in [1.82, 2.24) is 19.9 Å². The normalized spacial score (nSPS) is 17.8. The first kappa shape index (κ1) is 16.5. The van der Waals surface area contributed by atoms with Crippen LogP contribution < -0.4 is 0 Å². The highest BCUT2D eigenvalue weighted by atomic mass is 16.5. The van der Waals surface area contributed by atoms with Gasteiger partial charge in [-0.05, 0) is 38.8 Å². The second kappa shape index (κ2) is 7.49. The number of ether oxygens (including phenoxy) is 1. The molecule has 0 saturated carbocycles. The van der Waals surface area contributed by atoms with Crippen molar-refractivity contribution < 1.29 is 9.53 Å². The van der Waals surface area contributed by atoms with E-state index < -0.39 is 0 Å². The van der Waals surface area contributed by atoms with E-state index in [4.69, 9.17) is 4.74 Å². The number of nitrogens with zero attached hydrogens (tertiary/aromatic N) is 4. The molecular weight excluding hydrogens is 304 g/mol. The summed E-state index contributed by atoms with van der Waals surface area (Å²) in [6, 6.07) is 5.57. The Bertz CT molecular complexity index is 720. The van der Waals surface area contributed by atoms with Crippen molar-refractivity contribution in [2.75, 3.05) is 19.8 Å². The molecular formula is C18H22N4O2. The topological polar surface area (TPSA) is 68.2 Å². The Kier molecular flexibility index (Phi) is 5.15. The largest absolute Gasteiger partial charge is 0.377 e. The average Bonchev–Trinajstić information content (AvgIpc) is 2.61. The maximum absolute atomic E-state index is 12.8. The highest BCUT2D eigenvalue weighted by Gasteiger charge is 2.28. The first-order valence-electron chi connectivity index (χ1n) is 8.24. The molecule has 1 aliphatic heterocycles. The first-order chi connectivity index (χ1) is 11.6. The van der Waals surface area contributed by atoms with Gasteiger partial charge in [0.05, 0.1) is 30.6 Å². The summed E-state index contributed by atoms with van der Waals surface area (Å²) in [7, 11) is 0. The van der Waals surface area contributed by atoms with Gasteiger partial charge in [-0.2, -0.15) is 0 Å². The van der Waals surface area contributed by atoms with Crippen molar-refractivity contribution in [2.45, 2.75) is 32.7 Å². The van der Waals surface area contributed by atoms with Crippen molar-refractivity contribution in [1.29, 1.82) is 0 Å². The number of aromatic nitrogens is 3. The van der Waals surface area contributed by atoms with Crippen LogP contribution in [-0.4, -0.2) is 51.6 Å². The average molecular weight is 326 g/mol. The van der Waals surface area contributed by atoms with Gasteiger partial charge in [0.1, 0.15) is 5.69 Å². The molecule has 126 valence electrons. The molecule has 0 unspecified atom stereocenters. The predicted octanol–water partition coefficient (Wildman–Crippen LogP) is 1.96. The van der Waals surface area contributed by atoms with Crippen molar-refractivity contribution in [3.05, 3.63) is 53.4 Å². The van der Waals surface area contributed by atoms with E-state index in [1.165, 1.54) is 0 Å². The van der Waals surface area contributed by atoms with Crippen LogP contribution >= 0.6 is 0 Å². The molecule has 24 heavy (non-hydrogen) atoms. The van der Waals surface area contributed by atoms with E-state index in [1.807, 2.05) is 30.9 Å². The number of amides is 1. The Morgan fingerprint density at radius 2 is 2.12 bits per heavy atom. The molecule has 3 heterocycles. The van der Waals surface area contributed by atoms with Crippen LogP contribution in [0, 0.1) is 13.8 Å². The van der Waals surface area contributed by atoms with Crippen LogP contribution in [0.3, 0.4) is 0 Å². The fourth-order valence-electron chi connectivity index (χ4n) is 2.96. The quantitative estimate of drug-likeness (QED) is 0.859. The van der Waals surface area contributed by atoms with Gasteiger partial charge in [-0.1, -0.05) is 6.07 Å². The molecule has 0 N–H and O–H groups in total. The summed E-state index contributed by atoms with van der Waals surface area (Å²) >= 11 is 0. The molecule has 2 aromatic heterocycles. The van der Waals surface area contributed by atoms with E-state index in [1.54, 1.807) is 18.5 Å². The molecule has 1 amide bonds. The van der Waals surface area contributed by atoms with E-state index in [0.717, 1.165) is 29.9 Å². The predicted molar refractivity (Wildman–Crippen MR) is 89.7 cm³/mol. The molecule has 0 aromatic carbocycles. The summed E-state index contributed by atoms with van der Waals surface area (Å²) in [5, 5.41) is 0. The minimum atomic E-state index is -0.0251. The van der Waals surface area contributed by atoms with Crippen LogP contribution in [0.2, 0.25) is 0 Å². The van der Waals surface area contributed by atoms with Crippen molar-refractivity contribution in [3.63, 3.8) is 0 Å². The van der Waals surface area contributed by atoms with E-state index in [2.05, 4.69) is 15.0 Å². The van der Waals surface area contributed by atoms with Crippen LogP contribution in [0.1, 0.15) is 34.0 Å². The summed E-state index contributed by atoms with van der Waals surface area (Å²) < 4.78 is 5.59. The Morgan fingerprint density at radius 1 is 1.29 bits per heavy atom. The number of morpholine rings is 1. The van der Waals surface area contributed by atoms with E-state index in [0.29, 0.717) is 25.5 Å². The Morgan fingerprint density at radius 3 is 2.92 bits per heavy atom. The molecule has 0 aliphatic carbocycles. The van der Waals surface area contributed by atoms with Crippen LogP contribution in [0.5, 0.6) is 0 Å². The second-order valence-corrected chi connectivity index (χ2v) is 6.02. The van der Waals surface area contributed by atoms with Crippen LogP contribution in [-0.2, 0) is 11.2 Å². The van der Waals surface area contributed by atoms with Gasteiger partial charge in [-0.15, -0.1) is 0 Å². The third-order valence-corrected chi connectivity index (χ3v) is 4.29. The monoisotopic (exact) mass is 326 g/mol. The zero-order valence-corrected chi connectivity index (χ0v) is 14.1. The second-order valence-electron chi connectivity index (χ2n) is 6.02. The molecule has 2 aromatic rings. The molecule has 6 nitrogen and oxygen atoms in total. The van der Waals surface area contributed by atoms with Crippen LogP contribution in [0.4, 0.5) is 0 Å². The van der Waals surface area contributed by atoms with Gasteiger partial charge in [-0.25, -0.2) is 4.98 Å². The molecule has 1 aliphatic rings. The van der Waals surface area contributed by atoms with Gasteiger partial charge in [0.25, 0.3) is 5.91 Å². The summed E-state index contributed by atoms with van der Waals surface area (Å²) in [6.07, 6.45) is 4.98. The summed E-state index contributed by atoms with van der Waals surface area (Å²) in [5.74, 6) is -0.0251. The van der Waals surface area contributed by atoms with Gasteiger partial charge < -0.3 is 9.64 Å². The molecule has 1 atom stereocenters. The summed E-state index contributed by atoms with van der Waals surface area (Å²) in [5.41, 5.74) is 3.26. The van der Waals surface area contributed by atoms with Crippen molar-refractivity contribution >= 4 is 5.91 Å². The molecule has 1 saturated heterocycles. The van der Waals surface area contributed by atoms with E-state index in [9.17, 15) is 4.79 Å². The highest BCUT2D eigenvalue weighted by molar-refractivity contribution is 5.92. The number of hydrogen-bond acceptors (Lipinski definition) is 5. The van der Waals surface area contributed by atoms with Crippen LogP contribution in [0.25, 0.3) is 0 Å². The number of hydrogen-bond donors (Lipinski definition) is 0. The summed E-state index contributed by atoms with van der Waals surface area (Å²) in [6.45, 7) is 5.57. The fraction of sp³-hybridized carbons (Fsp3) is 0.444. The minimum Gasteiger partial charge on any atom is -0.377 e. The minimum absolute atomic E-state index is 0.0251. The number of pyridine rings is 1. The smallest absolute Gasteiger partial charge is 0.272 e. The third kappa shape index (κ3) is 3.76. The zero-order chi connectivity index (χ0) is 16.9. The molecule has 0 bridgehead atoms. The number of rotatable bonds is 4. The maximum Gasteiger partial charge on any atom is 0.272 e.